The summed E-state index contributed by atoms with van der Waals surface area (Å²) in [7, 11) is 1.90. The van der Waals surface area contributed by atoms with Crippen molar-refractivity contribution in [3.63, 3.8) is 0 Å². The van der Waals surface area contributed by atoms with E-state index in [0.717, 1.165) is 29.6 Å². The number of hydrogen-bond acceptors (Lipinski definition) is 5. The number of aryl methyl sites for hydroxylation is 2. The minimum atomic E-state index is 0.520. The normalized spacial score (nSPS) is 16.3. The van der Waals surface area contributed by atoms with Gasteiger partial charge < -0.3 is 16.4 Å². The molecular weight excluding hydrogens is 274 g/mol. The van der Waals surface area contributed by atoms with Gasteiger partial charge in [0.25, 0.3) is 0 Å². The molecule has 5 nitrogen and oxygen atoms in total. The Bertz CT molecular complexity index is 669. The van der Waals surface area contributed by atoms with Crippen molar-refractivity contribution in [1.82, 2.24) is 15.3 Å². The van der Waals surface area contributed by atoms with Crippen LogP contribution in [0.3, 0.4) is 0 Å². The molecule has 1 aliphatic carbocycles. The first-order valence-corrected chi connectivity index (χ1v) is 8.17. The Labute approximate surface area is 131 Å². The van der Waals surface area contributed by atoms with Crippen LogP contribution < -0.4 is 16.4 Å². The van der Waals surface area contributed by atoms with E-state index in [1.807, 2.05) is 13.1 Å². The second kappa shape index (κ2) is 6.48. The van der Waals surface area contributed by atoms with Crippen molar-refractivity contribution in [3.8, 4) is 0 Å². The fourth-order valence-electron chi connectivity index (χ4n) is 3.36. The number of nitrogens with two attached hydrogens (primary N) is 1. The van der Waals surface area contributed by atoms with E-state index < -0.39 is 0 Å². The van der Waals surface area contributed by atoms with Gasteiger partial charge in [-0.2, -0.15) is 0 Å². The molecule has 2 aromatic rings. The van der Waals surface area contributed by atoms with Crippen LogP contribution in [0.5, 0.6) is 0 Å². The molecule has 3 heterocycles. The highest BCUT2D eigenvalue weighted by Crippen LogP contribution is 2.33. The van der Waals surface area contributed by atoms with Crippen molar-refractivity contribution >= 4 is 22.5 Å². The van der Waals surface area contributed by atoms with Gasteiger partial charge in [-0.15, -0.1) is 0 Å². The minimum absolute atomic E-state index is 0.520. The van der Waals surface area contributed by atoms with E-state index in [2.05, 4.69) is 27.5 Å². The number of rotatable bonds is 1. The van der Waals surface area contributed by atoms with Crippen LogP contribution in [0.25, 0.3) is 11.0 Å². The predicted octanol–water partition coefficient (Wildman–Crippen LogP) is 2.42. The van der Waals surface area contributed by atoms with Crippen molar-refractivity contribution in [1.29, 1.82) is 0 Å². The monoisotopic (exact) mass is 299 g/mol. The Morgan fingerprint density at radius 1 is 1.14 bits per heavy atom. The van der Waals surface area contributed by atoms with Gasteiger partial charge in [0.2, 0.25) is 0 Å². The van der Waals surface area contributed by atoms with E-state index in [1.165, 1.54) is 49.2 Å². The molecule has 0 saturated carbocycles. The number of nitrogens with zero attached hydrogens (tertiary/aromatic N) is 2. The van der Waals surface area contributed by atoms with E-state index in [0.29, 0.717) is 5.82 Å². The highest BCUT2D eigenvalue weighted by atomic mass is 14.9. The lowest BCUT2D eigenvalue weighted by molar-refractivity contribution is 0.857. The van der Waals surface area contributed by atoms with E-state index in [9.17, 15) is 0 Å². The molecule has 5 heteroatoms. The van der Waals surface area contributed by atoms with Crippen LogP contribution in [0.1, 0.15) is 36.1 Å². The van der Waals surface area contributed by atoms with Gasteiger partial charge in [-0.3, -0.25) is 0 Å². The molecule has 4 N–H and O–H groups in total. The molecule has 0 atom stereocenters. The molecule has 0 spiro atoms. The summed E-state index contributed by atoms with van der Waals surface area (Å²) in [6.07, 6.45) is 6.18. The Kier molecular flexibility index (Phi) is 4.43. The fourth-order valence-corrected chi connectivity index (χ4v) is 3.36. The van der Waals surface area contributed by atoms with Gasteiger partial charge in [0.05, 0.1) is 0 Å². The van der Waals surface area contributed by atoms with E-state index in [1.54, 1.807) is 0 Å². The molecule has 0 bridgehead atoms. The van der Waals surface area contributed by atoms with Crippen LogP contribution in [-0.4, -0.2) is 30.1 Å². The molecule has 4 rings (SSSR count). The number of fused-ring (bicyclic) bond motifs is 2. The SMILES string of the molecule is C1CCNC1.CNc1cc(N)nc2nc3c(c(C)c12)CCC3. The third-order valence-corrected chi connectivity index (χ3v) is 4.50. The maximum absolute atomic E-state index is 5.80. The van der Waals surface area contributed by atoms with Crippen molar-refractivity contribution in [3.05, 3.63) is 22.9 Å². The van der Waals surface area contributed by atoms with Gasteiger partial charge in [0.15, 0.2) is 5.65 Å². The smallest absolute Gasteiger partial charge is 0.164 e. The highest BCUT2D eigenvalue weighted by molar-refractivity contribution is 5.94. The molecule has 2 aromatic heterocycles. The lowest BCUT2D eigenvalue weighted by atomic mass is 10.0. The third-order valence-electron chi connectivity index (χ3n) is 4.50. The first kappa shape index (κ1) is 15.0. The number of hydrogen-bond donors (Lipinski definition) is 3. The standard InChI is InChI=1S/C13H16N4.C4H9N/c1-7-8-4-3-5-9(8)16-13-12(7)10(15-2)6-11(14)17-13;1-2-4-5-3-1/h6H,3-5H2,1-2H3,(H3,14,15,16,17);5H,1-4H2. The summed E-state index contributed by atoms with van der Waals surface area (Å²) in [6.45, 7) is 4.66. The summed E-state index contributed by atoms with van der Waals surface area (Å²) in [6, 6.07) is 1.87. The van der Waals surface area contributed by atoms with E-state index >= 15 is 0 Å². The second-order valence-electron chi connectivity index (χ2n) is 6.02. The number of anilines is 2. The lowest BCUT2D eigenvalue weighted by Gasteiger charge is -2.12. The summed E-state index contributed by atoms with van der Waals surface area (Å²) >= 11 is 0. The Hall–Kier alpha value is -1.88. The van der Waals surface area contributed by atoms with Gasteiger partial charge in [0, 0.05) is 29.9 Å². The van der Waals surface area contributed by atoms with Crippen molar-refractivity contribution in [2.45, 2.75) is 39.0 Å². The molecule has 0 aromatic carbocycles. The number of pyridine rings is 2. The number of aromatic nitrogens is 2. The molecule has 1 saturated heterocycles. The lowest BCUT2D eigenvalue weighted by Crippen LogP contribution is -2.03. The van der Waals surface area contributed by atoms with Gasteiger partial charge >= 0.3 is 0 Å². The van der Waals surface area contributed by atoms with Crippen LogP contribution in [0.2, 0.25) is 0 Å². The molecule has 0 radical (unpaired) electrons. The fraction of sp³-hybridized carbons (Fsp3) is 0.529. The minimum Gasteiger partial charge on any atom is -0.387 e. The predicted molar refractivity (Wildman–Crippen MR) is 92.4 cm³/mol. The summed E-state index contributed by atoms with van der Waals surface area (Å²) in [5.41, 5.74) is 11.5. The molecule has 0 unspecified atom stereocenters. The Balaban J connectivity index is 0.000000246. The van der Waals surface area contributed by atoms with Gasteiger partial charge in [-0.05, 0) is 63.2 Å². The average Bonchev–Trinajstić information content (AvgIpc) is 3.20. The largest absolute Gasteiger partial charge is 0.387 e. The van der Waals surface area contributed by atoms with Crippen LogP contribution in [-0.2, 0) is 12.8 Å². The highest BCUT2D eigenvalue weighted by Gasteiger charge is 2.19. The van der Waals surface area contributed by atoms with Crippen LogP contribution in [0.15, 0.2) is 6.07 Å². The molecule has 118 valence electrons. The quantitative estimate of drug-likeness (QED) is 0.754. The number of nitrogen functional groups attached to an aromatic ring is 1. The molecule has 1 fully saturated rings. The zero-order valence-corrected chi connectivity index (χ0v) is 13.5. The van der Waals surface area contributed by atoms with Crippen molar-refractivity contribution in [2.24, 2.45) is 0 Å². The van der Waals surface area contributed by atoms with Crippen LogP contribution >= 0.6 is 0 Å². The van der Waals surface area contributed by atoms with Crippen molar-refractivity contribution < 1.29 is 0 Å². The van der Waals surface area contributed by atoms with E-state index in [4.69, 9.17) is 5.73 Å². The first-order valence-electron chi connectivity index (χ1n) is 8.17. The third kappa shape index (κ3) is 2.86. The van der Waals surface area contributed by atoms with Gasteiger partial charge in [0.1, 0.15) is 5.82 Å². The topological polar surface area (TPSA) is 75.9 Å². The summed E-state index contributed by atoms with van der Waals surface area (Å²) < 4.78 is 0. The van der Waals surface area contributed by atoms with Crippen LogP contribution in [0.4, 0.5) is 11.5 Å². The molecule has 1 aliphatic heterocycles. The second-order valence-corrected chi connectivity index (χ2v) is 6.02. The first-order chi connectivity index (χ1) is 10.7. The summed E-state index contributed by atoms with van der Waals surface area (Å²) in [5.74, 6) is 0.520. The Morgan fingerprint density at radius 3 is 2.55 bits per heavy atom. The molecule has 2 aliphatic rings. The van der Waals surface area contributed by atoms with Gasteiger partial charge in [-0.1, -0.05) is 0 Å². The van der Waals surface area contributed by atoms with E-state index in [-0.39, 0.29) is 0 Å². The zero-order chi connectivity index (χ0) is 15.5. The van der Waals surface area contributed by atoms with Gasteiger partial charge in [-0.25, -0.2) is 9.97 Å². The van der Waals surface area contributed by atoms with Crippen LogP contribution in [0, 0.1) is 6.92 Å². The molecule has 0 amide bonds. The summed E-state index contributed by atoms with van der Waals surface area (Å²) in [5, 5.41) is 7.52. The maximum atomic E-state index is 5.80. The Morgan fingerprint density at radius 2 is 1.91 bits per heavy atom. The number of nitrogens with one attached hydrogen (secondary N) is 2. The maximum Gasteiger partial charge on any atom is 0.164 e. The molecule has 22 heavy (non-hydrogen) atoms. The van der Waals surface area contributed by atoms with Crippen molar-refractivity contribution in [2.75, 3.05) is 31.2 Å². The summed E-state index contributed by atoms with van der Waals surface area (Å²) in [4.78, 5) is 9.00. The average molecular weight is 299 g/mol. The molecular formula is C17H25N5. The zero-order valence-electron chi connectivity index (χ0n) is 13.5.